The van der Waals surface area contributed by atoms with Crippen LogP contribution >= 0.6 is 0 Å². The molecule has 0 bridgehead atoms. The number of rotatable bonds is 4. The summed E-state index contributed by atoms with van der Waals surface area (Å²) in [6.45, 7) is 1.45. The second-order valence-electron chi connectivity index (χ2n) is 7.68. The third-order valence-electron chi connectivity index (χ3n) is 5.70. The van der Waals surface area contributed by atoms with Gasteiger partial charge in [0.1, 0.15) is 6.10 Å². The van der Waals surface area contributed by atoms with Crippen LogP contribution in [0.25, 0.3) is 0 Å². The Labute approximate surface area is 171 Å². The molecule has 2 aliphatic heterocycles. The molecule has 1 N–H and O–H groups in total. The summed E-state index contributed by atoms with van der Waals surface area (Å²) >= 11 is 0. The van der Waals surface area contributed by atoms with Crippen LogP contribution in [0.2, 0.25) is 0 Å². The third-order valence-corrected chi connectivity index (χ3v) is 5.70. The van der Waals surface area contributed by atoms with Crippen LogP contribution in [0.15, 0.2) is 12.2 Å². The van der Waals surface area contributed by atoms with Crippen molar-refractivity contribution in [2.45, 2.75) is 64.0 Å². The molecule has 2 saturated heterocycles. The minimum atomic E-state index is -1.45. The zero-order valence-corrected chi connectivity index (χ0v) is 16.4. The van der Waals surface area contributed by atoms with E-state index in [4.69, 9.17) is 4.74 Å². The van der Waals surface area contributed by atoms with E-state index in [-0.39, 0.29) is 44.9 Å². The van der Waals surface area contributed by atoms with E-state index in [1.807, 2.05) is 0 Å². The summed E-state index contributed by atoms with van der Waals surface area (Å²) in [6.07, 6.45) is 1.10. The summed E-state index contributed by atoms with van der Waals surface area (Å²) in [6, 6.07) is -0.860. The Balaban J connectivity index is 1.72. The highest BCUT2D eigenvalue weighted by molar-refractivity contribution is 6.03. The molecule has 30 heavy (non-hydrogen) atoms. The standard InChI is InChI=1S/C19H22N2O9/c1-19(17(26)27)10-9-11(29-18(28)30-21-15(24)7-8-16(21)25)3-2-4-12(19)20-13(22)5-6-14(20)23/h2-3,11-12H,4-10H2,1H3,(H,26,27). The van der Waals surface area contributed by atoms with Gasteiger partial charge in [-0.3, -0.25) is 33.7 Å². The van der Waals surface area contributed by atoms with Gasteiger partial charge in [-0.15, -0.1) is 0 Å². The van der Waals surface area contributed by atoms with Gasteiger partial charge in [-0.2, -0.15) is 0 Å². The first kappa shape index (κ1) is 21.5. The molecule has 11 heteroatoms. The molecule has 2 heterocycles. The Hall–Kier alpha value is -3.24. The average Bonchev–Trinajstić information content (AvgIpc) is 3.17. The molecule has 4 amide bonds. The molecule has 3 aliphatic rings. The number of nitrogens with zero attached hydrogens (tertiary/aromatic N) is 2. The van der Waals surface area contributed by atoms with E-state index in [2.05, 4.69) is 4.84 Å². The maximum Gasteiger partial charge on any atom is 0.534 e. The van der Waals surface area contributed by atoms with E-state index in [0.717, 1.165) is 4.90 Å². The number of amides is 4. The predicted molar refractivity (Wildman–Crippen MR) is 96.0 cm³/mol. The summed E-state index contributed by atoms with van der Waals surface area (Å²) in [4.78, 5) is 77.1. The first-order chi connectivity index (χ1) is 14.1. The van der Waals surface area contributed by atoms with Gasteiger partial charge in [0, 0.05) is 25.7 Å². The number of hydrogen-bond donors (Lipinski definition) is 1. The van der Waals surface area contributed by atoms with Crippen LogP contribution in [-0.4, -0.2) is 63.0 Å². The molecule has 3 atom stereocenters. The normalized spacial score (nSPS) is 29.8. The van der Waals surface area contributed by atoms with E-state index >= 15 is 0 Å². The number of ether oxygens (including phenoxy) is 1. The second kappa shape index (κ2) is 8.25. The van der Waals surface area contributed by atoms with Crippen LogP contribution in [-0.2, 0) is 33.5 Å². The molecule has 162 valence electrons. The lowest BCUT2D eigenvalue weighted by Gasteiger charge is -2.39. The van der Waals surface area contributed by atoms with E-state index < -0.39 is 53.3 Å². The van der Waals surface area contributed by atoms with Crippen LogP contribution in [0.3, 0.4) is 0 Å². The van der Waals surface area contributed by atoms with E-state index in [1.54, 1.807) is 6.08 Å². The largest absolute Gasteiger partial charge is 0.534 e. The number of hydrogen-bond acceptors (Lipinski definition) is 8. The van der Waals surface area contributed by atoms with E-state index in [1.165, 1.54) is 13.0 Å². The van der Waals surface area contributed by atoms with Crippen LogP contribution in [0.5, 0.6) is 0 Å². The fraction of sp³-hybridized carbons (Fsp3) is 0.579. The molecule has 3 rings (SSSR count). The molecule has 11 nitrogen and oxygen atoms in total. The van der Waals surface area contributed by atoms with Gasteiger partial charge in [0.2, 0.25) is 11.8 Å². The summed E-state index contributed by atoms with van der Waals surface area (Å²) in [5.41, 5.74) is -1.45. The zero-order chi connectivity index (χ0) is 22.1. The molecule has 2 fully saturated rings. The highest BCUT2D eigenvalue weighted by Crippen LogP contribution is 2.38. The van der Waals surface area contributed by atoms with Gasteiger partial charge in [-0.05, 0) is 32.3 Å². The average molecular weight is 422 g/mol. The van der Waals surface area contributed by atoms with Crippen LogP contribution < -0.4 is 0 Å². The molecule has 0 aromatic carbocycles. The lowest BCUT2D eigenvalue weighted by molar-refractivity contribution is -0.178. The number of hydroxylamine groups is 2. The van der Waals surface area contributed by atoms with Gasteiger partial charge in [0.25, 0.3) is 11.8 Å². The summed E-state index contributed by atoms with van der Waals surface area (Å²) < 4.78 is 5.13. The Kier molecular flexibility index (Phi) is 5.90. The molecule has 0 spiro atoms. The molecular formula is C19H22N2O9. The summed E-state index contributed by atoms with van der Waals surface area (Å²) in [5.74, 6) is -3.27. The van der Waals surface area contributed by atoms with Crippen LogP contribution in [0, 0.1) is 5.41 Å². The van der Waals surface area contributed by atoms with Crippen molar-refractivity contribution in [1.82, 2.24) is 9.96 Å². The number of carboxylic acid groups (broad SMARTS) is 1. The lowest BCUT2D eigenvalue weighted by atomic mass is 9.74. The second-order valence-corrected chi connectivity index (χ2v) is 7.68. The highest BCUT2D eigenvalue weighted by atomic mass is 16.8. The molecule has 0 aromatic rings. The van der Waals surface area contributed by atoms with Crippen LogP contribution in [0.1, 0.15) is 51.9 Å². The smallest absolute Gasteiger partial charge is 0.481 e. The summed E-state index contributed by atoms with van der Waals surface area (Å²) in [5, 5.41) is 10.2. The van der Waals surface area contributed by atoms with Crippen molar-refractivity contribution in [3.63, 3.8) is 0 Å². The van der Waals surface area contributed by atoms with Gasteiger partial charge < -0.3 is 9.84 Å². The fourth-order valence-corrected chi connectivity index (χ4v) is 3.88. The van der Waals surface area contributed by atoms with Crippen LogP contribution in [0.4, 0.5) is 4.79 Å². The highest BCUT2D eigenvalue weighted by Gasteiger charge is 2.49. The topological polar surface area (TPSA) is 148 Å². The van der Waals surface area contributed by atoms with Gasteiger partial charge in [-0.1, -0.05) is 11.1 Å². The Morgan fingerprint density at radius 1 is 1.03 bits per heavy atom. The van der Waals surface area contributed by atoms with Crippen molar-refractivity contribution in [1.29, 1.82) is 0 Å². The molecule has 3 unspecified atom stereocenters. The van der Waals surface area contributed by atoms with Gasteiger partial charge in [0.15, 0.2) is 0 Å². The number of carbonyl (C=O) groups is 6. The maximum atomic E-state index is 12.2. The monoisotopic (exact) mass is 422 g/mol. The number of carbonyl (C=O) groups excluding carboxylic acids is 5. The van der Waals surface area contributed by atoms with Crippen molar-refractivity contribution in [2.24, 2.45) is 5.41 Å². The first-order valence-corrected chi connectivity index (χ1v) is 9.63. The number of carboxylic acids is 1. The lowest BCUT2D eigenvalue weighted by Crippen LogP contribution is -2.53. The van der Waals surface area contributed by atoms with Crippen molar-refractivity contribution < 1.29 is 43.4 Å². The van der Waals surface area contributed by atoms with Crippen molar-refractivity contribution in [3.8, 4) is 0 Å². The molecule has 1 aliphatic carbocycles. The fourth-order valence-electron chi connectivity index (χ4n) is 3.88. The maximum absolute atomic E-state index is 12.2. The molecule has 0 saturated carbocycles. The van der Waals surface area contributed by atoms with Crippen molar-refractivity contribution >= 4 is 35.8 Å². The minimum Gasteiger partial charge on any atom is -0.481 e. The zero-order valence-electron chi connectivity index (χ0n) is 16.4. The van der Waals surface area contributed by atoms with Crippen molar-refractivity contribution in [2.75, 3.05) is 0 Å². The summed E-state index contributed by atoms with van der Waals surface area (Å²) in [7, 11) is 0. The van der Waals surface area contributed by atoms with Gasteiger partial charge >= 0.3 is 12.1 Å². The Morgan fingerprint density at radius 2 is 1.60 bits per heavy atom. The quantitative estimate of drug-likeness (QED) is 0.397. The van der Waals surface area contributed by atoms with Crippen molar-refractivity contribution in [3.05, 3.63) is 12.2 Å². The van der Waals surface area contributed by atoms with E-state index in [0.29, 0.717) is 5.06 Å². The van der Waals surface area contributed by atoms with Gasteiger partial charge in [0.05, 0.1) is 11.5 Å². The van der Waals surface area contributed by atoms with Gasteiger partial charge in [-0.25, -0.2) is 4.79 Å². The first-order valence-electron chi connectivity index (χ1n) is 9.63. The Morgan fingerprint density at radius 3 is 2.17 bits per heavy atom. The predicted octanol–water partition coefficient (Wildman–Crippen LogP) is 0.921. The number of aliphatic carboxylic acids is 1. The molecule has 0 radical (unpaired) electrons. The van der Waals surface area contributed by atoms with E-state index in [9.17, 15) is 33.9 Å². The minimum absolute atomic E-state index is 0.00786. The number of likely N-dealkylation sites (tertiary alicyclic amines) is 1. The third kappa shape index (κ3) is 4.05. The molecular weight excluding hydrogens is 400 g/mol. The Bertz CT molecular complexity index is 804. The SMILES string of the molecule is CC1(C(=O)O)CCC(OC(=O)ON2C(=O)CCC2=O)C=CCC1N1C(=O)CCC1=O. The molecule has 0 aromatic heterocycles. The number of imide groups is 2.